The summed E-state index contributed by atoms with van der Waals surface area (Å²) in [6, 6.07) is 2.97. The van der Waals surface area contributed by atoms with Gasteiger partial charge in [0.1, 0.15) is 0 Å². The normalized spacial score (nSPS) is 10.2. The molecule has 1 aromatic rings. The first-order valence-electron chi connectivity index (χ1n) is 5.98. The van der Waals surface area contributed by atoms with E-state index in [4.69, 9.17) is 5.11 Å². The molecule has 20 heavy (non-hydrogen) atoms. The number of benzene rings is 1. The van der Waals surface area contributed by atoms with Crippen LogP contribution in [0.5, 0.6) is 0 Å². The predicted molar refractivity (Wildman–Crippen MR) is 72.9 cm³/mol. The minimum absolute atomic E-state index is 0.0662. The third kappa shape index (κ3) is 3.53. The number of nitrogens with zero attached hydrogens (tertiary/aromatic N) is 2. The summed E-state index contributed by atoms with van der Waals surface area (Å²) in [7, 11) is 1.48. The smallest absolute Gasteiger partial charge is 0.303 e. The molecule has 0 aliphatic carbocycles. The zero-order chi connectivity index (χ0) is 15.4. The van der Waals surface area contributed by atoms with Gasteiger partial charge in [0.25, 0.3) is 5.69 Å². The minimum Gasteiger partial charge on any atom is -0.481 e. The van der Waals surface area contributed by atoms with E-state index in [-0.39, 0.29) is 18.5 Å². The van der Waals surface area contributed by atoms with Crippen LogP contribution in [0.25, 0.3) is 0 Å². The van der Waals surface area contributed by atoms with E-state index in [1.165, 1.54) is 18.0 Å². The number of nitro benzene ring substituents is 1. The van der Waals surface area contributed by atoms with Gasteiger partial charge in [0, 0.05) is 25.1 Å². The molecule has 0 radical (unpaired) electrons. The standard InChI is InChI=1S/C13H16N2O5/c1-8-6-9(2)11(15(19)20)7-10(8)14(3)12(16)4-5-13(17)18/h6-7H,4-5H2,1-3H3,(H,17,18). The number of carbonyl (C=O) groups is 2. The Bertz CT molecular complexity index is 568. The summed E-state index contributed by atoms with van der Waals surface area (Å²) >= 11 is 0. The van der Waals surface area contributed by atoms with Crippen LogP contribution >= 0.6 is 0 Å². The van der Waals surface area contributed by atoms with Gasteiger partial charge < -0.3 is 10.0 Å². The molecule has 7 heteroatoms. The molecule has 0 fully saturated rings. The van der Waals surface area contributed by atoms with Crippen molar-refractivity contribution in [2.45, 2.75) is 26.7 Å². The molecule has 0 bridgehead atoms. The SMILES string of the molecule is Cc1cc(C)c([N+](=O)[O-])cc1N(C)C(=O)CCC(=O)O. The maximum Gasteiger partial charge on any atom is 0.303 e. The zero-order valence-electron chi connectivity index (χ0n) is 11.5. The molecule has 7 nitrogen and oxygen atoms in total. The van der Waals surface area contributed by atoms with Gasteiger partial charge >= 0.3 is 5.97 Å². The van der Waals surface area contributed by atoms with E-state index in [1.54, 1.807) is 19.9 Å². The summed E-state index contributed by atoms with van der Waals surface area (Å²) in [4.78, 5) is 34.0. The first kappa shape index (κ1) is 15.6. The Labute approximate surface area is 116 Å². The first-order valence-corrected chi connectivity index (χ1v) is 5.98. The fraction of sp³-hybridized carbons (Fsp3) is 0.385. The van der Waals surface area contributed by atoms with Crippen molar-refractivity contribution in [3.8, 4) is 0 Å². The van der Waals surface area contributed by atoms with Crippen molar-refractivity contribution in [2.24, 2.45) is 0 Å². The highest BCUT2D eigenvalue weighted by Gasteiger charge is 2.19. The van der Waals surface area contributed by atoms with Gasteiger partial charge in [0.15, 0.2) is 0 Å². The number of amides is 1. The van der Waals surface area contributed by atoms with E-state index in [0.717, 1.165) is 5.56 Å². The predicted octanol–water partition coefficient (Wildman–Crippen LogP) is 2.04. The summed E-state index contributed by atoms with van der Waals surface area (Å²) in [6.07, 6.45) is -0.414. The summed E-state index contributed by atoms with van der Waals surface area (Å²) < 4.78 is 0. The number of hydrogen-bond acceptors (Lipinski definition) is 4. The molecule has 0 aromatic heterocycles. The number of carboxylic acid groups (broad SMARTS) is 1. The molecule has 1 aromatic carbocycles. The van der Waals surface area contributed by atoms with Gasteiger partial charge in [0.05, 0.1) is 17.0 Å². The van der Waals surface area contributed by atoms with E-state index in [0.29, 0.717) is 11.3 Å². The Morgan fingerprint density at radius 3 is 2.35 bits per heavy atom. The fourth-order valence-corrected chi connectivity index (χ4v) is 1.90. The average molecular weight is 280 g/mol. The van der Waals surface area contributed by atoms with Crippen LogP contribution in [-0.4, -0.2) is 29.0 Å². The van der Waals surface area contributed by atoms with Gasteiger partial charge in [-0.05, 0) is 25.5 Å². The monoisotopic (exact) mass is 280 g/mol. The largest absolute Gasteiger partial charge is 0.481 e. The summed E-state index contributed by atoms with van der Waals surface area (Å²) in [6.45, 7) is 3.37. The molecular formula is C13H16N2O5. The van der Waals surface area contributed by atoms with Crippen LogP contribution in [0.1, 0.15) is 24.0 Å². The van der Waals surface area contributed by atoms with E-state index in [2.05, 4.69) is 0 Å². The van der Waals surface area contributed by atoms with Gasteiger partial charge in [-0.2, -0.15) is 0 Å². The van der Waals surface area contributed by atoms with Gasteiger partial charge in [-0.15, -0.1) is 0 Å². The molecule has 0 saturated carbocycles. The Hall–Kier alpha value is -2.44. The second-order valence-electron chi connectivity index (χ2n) is 4.53. The van der Waals surface area contributed by atoms with Crippen LogP contribution in [0.3, 0.4) is 0 Å². The molecular weight excluding hydrogens is 264 g/mol. The molecule has 0 saturated heterocycles. The van der Waals surface area contributed by atoms with Crippen molar-refractivity contribution in [3.05, 3.63) is 33.4 Å². The van der Waals surface area contributed by atoms with Crippen LogP contribution in [0, 0.1) is 24.0 Å². The van der Waals surface area contributed by atoms with Crippen LogP contribution < -0.4 is 4.90 Å². The topological polar surface area (TPSA) is 101 Å². The molecule has 0 aliphatic heterocycles. The van der Waals surface area contributed by atoms with Crippen molar-refractivity contribution >= 4 is 23.3 Å². The van der Waals surface area contributed by atoms with Gasteiger partial charge in [-0.3, -0.25) is 19.7 Å². The van der Waals surface area contributed by atoms with Crippen molar-refractivity contribution in [1.82, 2.24) is 0 Å². The van der Waals surface area contributed by atoms with Gasteiger partial charge in [-0.25, -0.2) is 0 Å². The molecule has 0 heterocycles. The van der Waals surface area contributed by atoms with E-state index < -0.39 is 16.8 Å². The highest BCUT2D eigenvalue weighted by Crippen LogP contribution is 2.28. The third-order valence-electron chi connectivity index (χ3n) is 3.00. The third-order valence-corrected chi connectivity index (χ3v) is 3.00. The van der Waals surface area contributed by atoms with Crippen LogP contribution in [-0.2, 0) is 9.59 Å². The maximum atomic E-state index is 11.9. The molecule has 0 aliphatic rings. The minimum atomic E-state index is -1.06. The molecule has 1 N–H and O–H groups in total. The number of carboxylic acids is 1. The van der Waals surface area contributed by atoms with Crippen molar-refractivity contribution < 1.29 is 19.6 Å². The zero-order valence-corrected chi connectivity index (χ0v) is 11.5. The lowest BCUT2D eigenvalue weighted by Gasteiger charge is -2.19. The Kier molecular flexibility index (Phi) is 4.79. The molecule has 108 valence electrons. The molecule has 1 rings (SSSR count). The number of aryl methyl sites for hydroxylation is 2. The van der Waals surface area contributed by atoms with Crippen molar-refractivity contribution in [3.63, 3.8) is 0 Å². The molecule has 0 spiro atoms. The van der Waals surface area contributed by atoms with Crippen LogP contribution in [0.15, 0.2) is 12.1 Å². The lowest BCUT2D eigenvalue weighted by molar-refractivity contribution is -0.385. The number of hydrogen-bond donors (Lipinski definition) is 1. The highest BCUT2D eigenvalue weighted by molar-refractivity contribution is 5.95. The second-order valence-corrected chi connectivity index (χ2v) is 4.53. The molecule has 0 unspecified atom stereocenters. The fourth-order valence-electron chi connectivity index (χ4n) is 1.90. The van der Waals surface area contributed by atoms with E-state index in [9.17, 15) is 19.7 Å². The van der Waals surface area contributed by atoms with Crippen LogP contribution in [0.4, 0.5) is 11.4 Å². The maximum absolute atomic E-state index is 11.9. The highest BCUT2D eigenvalue weighted by atomic mass is 16.6. The number of rotatable bonds is 5. The number of aliphatic carboxylic acids is 1. The Morgan fingerprint density at radius 2 is 1.85 bits per heavy atom. The van der Waals surface area contributed by atoms with Crippen LogP contribution in [0.2, 0.25) is 0 Å². The Morgan fingerprint density at radius 1 is 1.25 bits per heavy atom. The number of carbonyl (C=O) groups excluding carboxylic acids is 1. The lowest BCUT2D eigenvalue weighted by atomic mass is 10.1. The number of nitro groups is 1. The quantitative estimate of drug-likeness (QED) is 0.657. The molecule has 0 atom stereocenters. The molecule has 1 amide bonds. The lowest BCUT2D eigenvalue weighted by Crippen LogP contribution is -2.27. The van der Waals surface area contributed by atoms with E-state index in [1.807, 2.05) is 0 Å². The van der Waals surface area contributed by atoms with Gasteiger partial charge in [0.2, 0.25) is 5.91 Å². The van der Waals surface area contributed by atoms with Gasteiger partial charge in [-0.1, -0.05) is 0 Å². The summed E-state index contributed by atoms with van der Waals surface area (Å²) in [5.41, 5.74) is 1.59. The van der Waals surface area contributed by atoms with E-state index >= 15 is 0 Å². The number of anilines is 1. The Balaban J connectivity index is 3.06. The van der Waals surface area contributed by atoms with Crippen molar-refractivity contribution in [2.75, 3.05) is 11.9 Å². The average Bonchev–Trinajstić information content (AvgIpc) is 2.34. The summed E-state index contributed by atoms with van der Waals surface area (Å²) in [5, 5.41) is 19.5. The second kappa shape index (κ2) is 6.14. The summed E-state index contributed by atoms with van der Waals surface area (Å²) in [5.74, 6) is -1.45. The first-order chi connectivity index (χ1) is 9.23. The van der Waals surface area contributed by atoms with Crippen molar-refractivity contribution in [1.29, 1.82) is 0 Å².